The molecule has 0 spiro atoms. The topological polar surface area (TPSA) is 9.86 Å². The third-order valence-corrected chi connectivity index (χ3v) is 8.53. The second-order valence-electron chi connectivity index (χ2n) is 10.6. The molecule has 0 bridgehead atoms. The molecular weight excluding hydrogens is 516 g/mol. The highest BCUT2D eigenvalue weighted by Crippen LogP contribution is 2.42. The van der Waals surface area contributed by atoms with Crippen LogP contribution in [0.4, 0.5) is 0 Å². The smallest absolute Gasteiger partial charge is 0.0541 e. The number of fused-ring (bicyclic) bond motifs is 9. The number of thiol groups is 1. The van der Waals surface area contributed by atoms with E-state index in [4.69, 9.17) is 0 Å². The van der Waals surface area contributed by atoms with E-state index in [-0.39, 0.29) is 0 Å². The molecule has 1 aliphatic carbocycles. The molecule has 41 heavy (non-hydrogen) atoms. The molecule has 2 aromatic heterocycles. The van der Waals surface area contributed by atoms with Gasteiger partial charge in [-0.25, -0.2) is 0 Å². The Labute approximate surface area is 244 Å². The molecule has 0 N–H and O–H groups in total. The zero-order valence-corrected chi connectivity index (χ0v) is 23.6. The van der Waals surface area contributed by atoms with E-state index in [1.165, 1.54) is 77.2 Å². The first-order valence-corrected chi connectivity index (χ1v) is 14.9. The average molecular weight is 545 g/mol. The van der Waals surface area contributed by atoms with Crippen molar-refractivity contribution in [3.8, 4) is 22.5 Å². The van der Waals surface area contributed by atoms with Crippen molar-refractivity contribution >= 4 is 56.2 Å². The Balaban J connectivity index is 0.00000125. The highest BCUT2D eigenvalue weighted by molar-refractivity contribution is 7.79. The number of hydrogen-bond acceptors (Lipinski definition) is 1. The fraction of sp³-hybridized carbons (Fsp3) is 0.0526. The van der Waals surface area contributed by atoms with Crippen LogP contribution >= 0.6 is 12.6 Å². The van der Waals surface area contributed by atoms with E-state index < -0.39 is 0 Å². The van der Waals surface area contributed by atoms with Gasteiger partial charge in [0.25, 0.3) is 0 Å². The molecule has 0 atom stereocenters. The van der Waals surface area contributed by atoms with Crippen LogP contribution in [0.1, 0.15) is 11.1 Å². The fourth-order valence-electron chi connectivity index (χ4n) is 6.82. The molecular formula is C38H28N2S. The summed E-state index contributed by atoms with van der Waals surface area (Å²) in [5, 5.41) is 5.18. The van der Waals surface area contributed by atoms with Crippen LogP contribution < -0.4 is 0 Å². The third kappa shape index (κ3) is 3.52. The van der Waals surface area contributed by atoms with E-state index in [1.807, 2.05) is 0 Å². The van der Waals surface area contributed by atoms with Crippen LogP contribution in [0.2, 0.25) is 0 Å². The Morgan fingerprint density at radius 3 is 1.07 bits per heavy atom. The lowest BCUT2D eigenvalue weighted by atomic mass is 10.0. The van der Waals surface area contributed by atoms with Crippen molar-refractivity contribution in [3.63, 3.8) is 0 Å². The molecule has 0 saturated heterocycles. The lowest BCUT2D eigenvalue weighted by molar-refractivity contribution is 1.17. The maximum absolute atomic E-state index is 3.53. The van der Waals surface area contributed by atoms with Crippen LogP contribution in [0.15, 0.2) is 133 Å². The monoisotopic (exact) mass is 544 g/mol. The van der Waals surface area contributed by atoms with Gasteiger partial charge in [0.1, 0.15) is 0 Å². The molecule has 196 valence electrons. The van der Waals surface area contributed by atoms with Gasteiger partial charge in [-0.15, -0.1) is 0 Å². The van der Waals surface area contributed by atoms with Crippen LogP contribution in [0.5, 0.6) is 0 Å². The van der Waals surface area contributed by atoms with E-state index in [1.54, 1.807) is 6.26 Å². The summed E-state index contributed by atoms with van der Waals surface area (Å²) in [6, 6.07) is 49.0. The minimum Gasteiger partial charge on any atom is -0.309 e. The largest absolute Gasteiger partial charge is 0.309 e. The first-order chi connectivity index (χ1) is 20.3. The summed E-state index contributed by atoms with van der Waals surface area (Å²) in [5.74, 6) is 0. The Bertz CT molecular complexity index is 2000. The maximum Gasteiger partial charge on any atom is 0.0541 e. The van der Waals surface area contributed by atoms with Gasteiger partial charge in [-0.2, -0.15) is 12.6 Å². The predicted molar refractivity (Wildman–Crippen MR) is 178 cm³/mol. The van der Waals surface area contributed by atoms with Gasteiger partial charge in [-0.05, 0) is 83.5 Å². The SMILES string of the molecule is CS.c1ccc2c(c1)c1ccccc1n2-c1ccc2c(c1)-c1cc(-n3c4ccccc4c4ccccc43)ccc1C2. The molecule has 0 aliphatic heterocycles. The van der Waals surface area contributed by atoms with Gasteiger partial charge in [0.2, 0.25) is 0 Å². The Hall–Kier alpha value is -4.73. The number of nitrogens with zero attached hydrogens (tertiary/aromatic N) is 2. The van der Waals surface area contributed by atoms with Crippen molar-refractivity contribution in [1.29, 1.82) is 0 Å². The van der Waals surface area contributed by atoms with E-state index in [0.717, 1.165) is 6.42 Å². The van der Waals surface area contributed by atoms with Crippen LogP contribution in [-0.4, -0.2) is 15.4 Å². The number of rotatable bonds is 2. The van der Waals surface area contributed by atoms with Crippen molar-refractivity contribution in [2.24, 2.45) is 0 Å². The van der Waals surface area contributed by atoms with Gasteiger partial charge in [0.05, 0.1) is 22.1 Å². The molecule has 9 rings (SSSR count). The van der Waals surface area contributed by atoms with Crippen LogP contribution in [0.3, 0.4) is 0 Å². The number of hydrogen-bond donors (Lipinski definition) is 1. The van der Waals surface area contributed by atoms with Gasteiger partial charge < -0.3 is 9.13 Å². The van der Waals surface area contributed by atoms with Gasteiger partial charge in [-0.1, -0.05) is 84.9 Å². The van der Waals surface area contributed by atoms with E-state index in [2.05, 4.69) is 155 Å². The first-order valence-electron chi connectivity index (χ1n) is 14.0. The third-order valence-electron chi connectivity index (χ3n) is 8.53. The summed E-state index contributed by atoms with van der Waals surface area (Å²) in [6.07, 6.45) is 2.67. The molecule has 0 radical (unpaired) electrons. The number of aromatic nitrogens is 2. The summed E-state index contributed by atoms with van der Waals surface area (Å²) in [7, 11) is 0. The minimum absolute atomic E-state index is 0.978. The van der Waals surface area contributed by atoms with Crippen LogP contribution in [-0.2, 0) is 6.42 Å². The zero-order chi connectivity index (χ0) is 27.5. The summed E-state index contributed by atoms with van der Waals surface area (Å²) >= 11 is 3.53. The zero-order valence-electron chi connectivity index (χ0n) is 22.8. The lowest BCUT2D eigenvalue weighted by Gasteiger charge is -2.12. The van der Waals surface area contributed by atoms with Crippen molar-refractivity contribution < 1.29 is 0 Å². The van der Waals surface area contributed by atoms with Gasteiger partial charge in [-0.3, -0.25) is 0 Å². The van der Waals surface area contributed by atoms with E-state index in [0.29, 0.717) is 0 Å². The van der Waals surface area contributed by atoms with Crippen molar-refractivity contribution in [1.82, 2.24) is 9.13 Å². The molecule has 2 nitrogen and oxygen atoms in total. The summed E-state index contributed by atoms with van der Waals surface area (Å²) in [6.45, 7) is 0. The summed E-state index contributed by atoms with van der Waals surface area (Å²) < 4.78 is 4.83. The second kappa shape index (κ2) is 9.43. The standard InChI is InChI=1S/C37H24N2.CH4S/c1-5-13-34-28(9-1)29-10-2-6-14-35(29)38(34)26-19-17-24-21-25-18-20-27(23-33(25)32(24)22-26)39-36-15-7-3-11-30(36)31-12-4-8-16-37(31)39;1-2/h1-20,22-23H,21H2;2H,1H3. The highest BCUT2D eigenvalue weighted by atomic mass is 32.1. The van der Waals surface area contributed by atoms with E-state index in [9.17, 15) is 0 Å². The summed E-state index contributed by atoms with van der Waals surface area (Å²) in [5.41, 5.74) is 12.9. The fourth-order valence-corrected chi connectivity index (χ4v) is 6.82. The van der Waals surface area contributed by atoms with Crippen LogP contribution in [0, 0.1) is 0 Å². The molecule has 0 fully saturated rings. The Morgan fingerprint density at radius 1 is 0.415 bits per heavy atom. The van der Waals surface area contributed by atoms with Gasteiger partial charge in [0.15, 0.2) is 0 Å². The predicted octanol–water partition coefficient (Wildman–Crippen LogP) is 10.00. The minimum atomic E-state index is 0.978. The number of benzene rings is 6. The van der Waals surface area contributed by atoms with Crippen molar-refractivity contribution in [2.75, 3.05) is 6.26 Å². The van der Waals surface area contributed by atoms with Crippen LogP contribution in [0.25, 0.3) is 66.1 Å². The van der Waals surface area contributed by atoms with Gasteiger partial charge in [0, 0.05) is 32.9 Å². The quantitative estimate of drug-likeness (QED) is 0.208. The molecule has 0 saturated carbocycles. The average Bonchev–Trinajstić information content (AvgIpc) is 3.69. The van der Waals surface area contributed by atoms with Gasteiger partial charge >= 0.3 is 0 Å². The van der Waals surface area contributed by atoms with E-state index >= 15 is 0 Å². The second-order valence-corrected chi connectivity index (χ2v) is 10.6. The molecule has 0 amide bonds. The molecule has 0 unspecified atom stereocenters. The Kier molecular flexibility index (Phi) is 5.54. The molecule has 6 aromatic carbocycles. The van der Waals surface area contributed by atoms with Crippen molar-refractivity contribution in [2.45, 2.75) is 6.42 Å². The van der Waals surface area contributed by atoms with Crippen molar-refractivity contribution in [3.05, 3.63) is 145 Å². The lowest BCUT2D eigenvalue weighted by Crippen LogP contribution is -1.96. The molecule has 3 heteroatoms. The first kappa shape index (κ1) is 24.1. The highest BCUT2D eigenvalue weighted by Gasteiger charge is 2.22. The molecule has 1 aliphatic rings. The molecule has 8 aromatic rings. The Morgan fingerprint density at radius 2 is 0.732 bits per heavy atom. The maximum atomic E-state index is 3.53. The number of para-hydroxylation sites is 4. The summed E-state index contributed by atoms with van der Waals surface area (Å²) in [4.78, 5) is 0. The molecule has 2 heterocycles. The normalized spacial score (nSPS) is 12.0.